The number of halogens is 1. The third kappa shape index (κ3) is 2.89. The van der Waals surface area contributed by atoms with Crippen molar-refractivity contribution in [3.05, 3.63) is 48.4 Å². The summed E-state index contributed by atoms with van der Waals surface area (Å²) in [7, 11) is -1.23. The van der Waals surface area contributed by atoms with E-state index in [0.717, 1.165) is 0 Å². The number of hydrogen-bond acceptors (Lipinski definition) is 5. The summed E-state index contributed by atoms with van der Waals surface area (Å²) in [5.41, 5.74) is 1.33. The van der Waals surface area contributed by atoms with Gasteiger partial charge in [0.15, 0.2) is 0 Å². The maximum atomic E-state index is 12.9. The molecular formula is C13H11FN4O2S. The standard InChI is InChI=1S/C13H11FN4O2S/c1-21(19)13-17-15-8-18(13)6-11-7-20-12(16-11)9-2-4-10(14)5-3-9/h2-5,7-8H,6H2,1H3/t21-/m1/s1. The monoisotopic (exact) mass is 306 g/mol. The van der Waals surface area contributed by atoms with E-state index in [2.05, 4.69) is 15.2 Å². The van der Waals surface area contributed by atoms with Gasteiger partial charge < -0.3 is 8.98 Å². The van der Waals surface area contributed by atoms with Gasteiger partial charge in [-0.2, -0.15) is 0 Å². The van der Waals surface area contributed by atoms with Crippen LogP contribution in [-0.2, 0) is 17.3 Å². The molecule has 6 nitrogen and oxygen atoms in total. The van der Waals surface area contributed by atoms with E-state index >= 15 is 0 Å². The molecule has 0 aliphatic carbocycles. The topological polar surface area (TPSA) is 73.8 Å². The average Bonchev–Trinajstić information content (AvgIpc) is 3.09. The molecule has 1 aromatic carbocycles. The van der Waals surface area contributed by atoms with E-state index in [1.165, 1.54) is 31.0 Å². The quantitative estimate of drug-likeness (QED) is 0.735. The highest BCUT2D eigenvalue weighted by atomic mass is 32.2. The van der Waals surface area contributed by atoms with Crippen LogP contribution in [0.15, 0.2) is 46.4 Å². The van der Waals surface area contributed by atoms with Crippen molar-refractivity contribution in [2.45, 2.75) is 11.7 Å². The first kappa shape index (κ1) is 13.6. The Labute approximate surface area is 122 Å². The van der Waals surface area contributed by atoms with Crippen LogP contribution in [0.3, 0.4) is 0 Å². The van der Waals surface area contributed by atoms with Gasteiger partial charge in [-0.15, -0.1) is 10.2 Å². The molecule has 0 spiro atoms. The minimum atomic E-state index is -1.23. The highest BCUT2D eigenvalue weighted by Gasteiger charge is 2.12. The van der Waals surface area contributed by atoms with Crippen LogP contribution in [0.25, 0.3) is 11.5 Å². The maximum absolute atomic E-state index is 12.9. The third-order valence-electron chi connectivity index (χ3n) is 2.81. The Bertz CT molecular complexity index is 782. The number of benzene rings is 1. The smallest absolute Gasteiger partial charge is 0.226 e. The molecule has 0 aliphatic heterocycles. The third-order valence-corrected chi connectivity index (χ3v) is 3.64. The fraction of sp³-hybridized carbons (Fsp3) is 0.154. The first-order valence-electron chi connectivity index (χ1n) is 6.05. The maximum Gasteiger partial charge on any atom is 0.226 e. The second-order valence-electron chi connectivity index (χ2n) is 4.35. The van der Waals surface area contributed by atoms with E-state index in [9.17, 15) is 8.60 Å². The summed E-state index contributed by atoms with van der Waals surface area (Å²) in [4.78, 5) is 4.32. The highest BCUT2D eigenvalue weighted by molar-refractivity contribution is 7.84. The lowest BCUT2D eigenvalue weighted by molar-refractivity contribution is 0.569. The van der Waals surface area contributed by atoms with Gasteiger partial charge in [0.05, 0.1) is 23.0 Å². The second kappa shape index (κ2) is 5.57. The van der Waals surface area contributed by atoms with Crippen LogP contribution in [-0.4, -0.2) is 30.2 Å². The first-order valence-corrected chi connectivity index (χ1v) is 7.61. The van der Waals surface area contributed by atoms with Crippen LogP contribution in [0.1, 0.15) is 5.69 Å². The second-order valence-corrected chi connectivity index (χ2v) is 5.62. The Kier molecular flexibility index (Phi) is 3.61. The van der Waals surface area contributed by atoms with Gasteiger partial charge in [-0.05, 0) is 24.3 Å². The van der Waals surface area contributed by atoms with Crippen molar-refractivity contribution in [1.29, 1.82) is 0 Å². The summed E-state index contributed by atoms with van der Waals surface area (Å²) in [6, 6.07) is 5.88. The number of rotatable bonds is 4. The van der Waals surface area contributed by atoms with Gasteiger partial charge >= 0.3 is 0 Å². The number of hydrogen-bond donors (Lipinski definition) is 0. The van der Waals surface area contributed by atoms with E-state index < -0.39 is 10.8 Å². The molecule has 108 valence electrons. The van der Waals surface area contributed by atoms with E-state index in [1.54, 1.807) is 16.7 Å². The van der Waals surface area contributed by atoms with Crippen LogP contribution in [0, 0.1) is 5.82 Å². The van der Waals surface area contributed by atoms with Crippen molar-refractivity contribution >= 4 is 10.8 Å². The van der Waals surface area contributed by atoms with Crippen LogP contribution < -0.4 is 0 Å². The van der Waals surface area contributed by atoms with Gasteiger partial charge in [0.1, 0.15) is 18.4 Å². The van der Waals surface area contributed by atoms with Crippen molar-refractivity contribution in [2.24, 2.45) is 0 Å². The predicted molar refractivity (Wildman–Crippen MR) is 73.4 cm³/mol. The minimum Gasteiger partial charge on any atom is -0.444 e. The fourth-order valence-corrected chi connectivity index (χ4v) is 2.46. The normalized spacial score (nSPS) is 12.5. The van der Waals surface area contributed by atoms with E-state index in [-0.39, 0.29) is 5.82 Å². The van der Waals surface area contributed by atoms with E-state index in [4.69, 9.17) is 4.42 Å². The molecule has 3 rings (SSSR count). The molecule has 3 aromatic rings. The average molecular weight is 306 g/mol. The SMILES string of the molecule is C[S@@](=O)c1nncn1Cc1coc(-c2ccc(F)cc2)n1. The first-order chi connectivity index (χ1) is 10.1. The molecule has 0 fully saturated rings. The molecule has 2 heterocycles. The van der Waals surface area contributed by atoms with Crippen molar-refractivity contribution < 1.29 is 13.0 Å². The summed E-state index contributed by atoms with van der Waals surface area (Å²) in [5, 5.41) is 7.91. The molecule has 0 saturated carbocycles. The fourth-order valence-electron chi connectivity index (χ4n) is 1.85. The van der Waals surface area contributed by atoms with Gasteiger partial charge in [-0.1, -0.05) is 0 Å². The summed E-state index contributed by atoms with van der Waals surface area (Å²) < 4.78 is 31.4. The molecule has 2 aromatic heterocycles. The Balaban J connectivity index is 1.83. The van der Waals surface area contributed by atoms with Gasteiger partial charge in [0.25, 0.3) is 0 Å². The zero-order valence-electron chi connectivity index (χ0n) is 11.1. The molecule has 0 N–H and O–H groups in total. The lowest BCUT2D eigenvalue weighted by atomic mass is 10.2. The molecular weight excluding hydrogens is 295 g/mol. The minimum absolute atomic E-state index is 0.315. The summed E-state index contributed by atoms with van der Waals surface area (Å²) in [6.07, 6.45) is 4.53. The summed E-state index contributed by atoms with van der Waals surface area (Å²) in [6.45, 7) is 0.354. The molecule has 0 radical (unpaired) electrons. The molecule has 8 heteroatoms. The predicted octanol–water partition coefficient (Wildman–Crippen LogP) is 1.86. The zero-order valence-corrected chi connectivity index (χ0v) is 11.9. The van der Waals surface area contributed by atoms with Crippen LogP contribution >= 0.6 is 0 Å². The molecule has 0 bridgehead atoms. The molecule has 0 saturated heterocycles. The van der Waals surface area contributed by atoms with Gasteiger partial charge in [0, 0.05) is 11.8 Å². The van der Waals surface area contributed by atoms with Gasteiger partial charge in [0.2, 0.25) is 11.0 Å². The highest BCUT2D eigenvalue weighted by Crippen LogP contribution is 2.19. The summed E-state index contributed by atoms with van der Waals surface area (Å²) in [5.74, 6) is 0.0855. The number of aromatic nitrogens is 4. The van der Waals surface area contributed by atoms with E-state index in [0.29, 0.717) is 28.8 Å². The lowest BCUT2D eigenvalue weighted by Gasteiger charge is -2.00. The Morgan fingerprint density at radius 3 is 2.81 bits per heavy atom. The zero-order chi connectivity index (χ0) is 14.8. The Morgan fingerprint density at radius 1 is 1.33 bits per heavy atom. The lowest BCUT2D eigenvalue weighted by Crippen LogP contribution is -2.05. The summed E-state index contributed by atoms with van der Waals surface area (Å²) >= 11 is 0. The van der Waals surface area contributed by atoms with Crippen LogP contribution in [0.5, 0.6) is 0 Å². The molecule has 0 unspecified atom stereocenters. The van der Waals surface area contributed by atoms with Crippen molar-refractivity contribution in [2.75, 3.05) is 6.26 Å². The number of nitrogens with zero attached hydrogens (tertiary/aromatic N) is 4. The molecule has 21 heavy (non-hydrogen) atoms. The van der Waals surface area contributed by atoms with Crippen molar-refractivity contribution in [3.8, 4) is 11.5 Å². The van der Waals surface area contributed by atoms with Crippen LogP contribution in [0.2, 0.25) is 0 Å². The van der Waals surface area contributed by atoms with Crippen LogP contribution in [0.4, 0.5) is 4.39 Å². The van der Waals surface area contributed by atoms with E-state index in [1.807, 2.05) is 0 Å². The van der Waals surface area contributed by atoms with Gasteiger partial charge in [-0.3, -0.25) is 4.21 Å². The Morgan fingerprint density at radius 2 is 2.10 bits per heavy atom. The van der Waals surface area contributed by atoms with Gasteiger partial charge in [-0.25, -0.2) is 9.37 Å². The van der Waals surface area contributed by atoms with Crippen molar-refractivity contribution in [3.63, 3.8) is 0 Å². The molecule has 0 aliphatic rings. The number of oxazole rings is 1. The molecule has 1 atom stereocenters. The Hall–Kier alpha value is -2.35. The largest absolute Gasteiger partial charge is 0.444 e. The van der Waals surface area contributed by atoms with Crippen molar-refractivity contribution in [1.82, 2.24) is 19.7 Å². The molecule has 0 amide bonds.